The third kappa shape index (κ3) is 3.49. The van der Waals surface area contributed by atoms with Gasteiger partial charge in [-0.25, -0.2) is 4.98 Å². The van der Waals surface area contributed by atoms with E-state index in [4.69, 9.17) is 4.74 Å². The number of aromatic nitrogens is 2. The number of nitro groups is 2. The van der Waals surface area contributed by atoms with Gasteiger partial charge in [0.15, 0.2) is 0 Å². The van der Waals surface area contributed by atoms with E-state index in [1.165, 1.54) is 13.2 Å². The third-order valence-corrected chi connectivity index (χ3v) is 3.85. The summed E-state index contributed by atoms with van der Waals surface area (Å²) < 4.78 is 5.06. The van der Waals surface area contributed by atoms with Crippen molar-refractivity contribution in [1.82, 2.24) is 9.97 Å². The Labute approximate surface area is 155 Å². The minimum absolute atomic E-state index is 0.0402. The first kappa shape index (κ1) is 18.5. The summed E-state index contributed by atoms with van der Waals surface area (Å²) in [4.78, 5) is 38.8. The molecule has 28 heavy (non-hydrogen) atoms. The minimum atomic E-state index is -0.918. The van der Waals surface area contributed by atoms with Crippen LogP contribution in [0.3, 0.4) is 0 Å². The number of fused-ring (bicyclic) bond motifs is 1. The molecule has 0 bridgehead atoms. The van der Waals surface area contributed by atoms with Crippen molar-refractivity contribution >= 4 is 34.2 Å². The maximum absolute atomic E-state index is 12.2. The van der Waals surface area contributed by atoms with Gasteiger partial charge in [0, 0.05) is 17.7 Å². The lowest BCUT2D eigenvalue weighted by Gasteiger charge is -2.04. The fourth-order valence-corrected chi connectivity index (χ4v) is 2.51. The van der Waals surface area contributed by atoms with Gasteiger partial charge < -0.3 is 14.8 Å². The summed E-state index contributed by atoms with van der Waals surface area (Å²) in [5, 5.41) is 32.4. The number of aliphatic hydroxyl groups excluding tert-OH is 1. The van der Waals surface area contributed by atoms with Crippen molar-refractivity contribution in [3.05, 3.63) is 78.2 Å². The number of hydrogen-bond acceptors (Lipinski definition) is 8. The highest BCUT2D eigenvalue weighted by Crippen LogP contribution is 2.30. The number of ether oxygens (including phenoxy) is 1. The number of methoxy groups -OCH3 is 1. The number of hydrogen-bond donors (Lipinski definition) is 2. The molecular weight excluding hydrogens is 372 g/mol. The molecule has 11 heteroatoms. The van der Waals surface area contributed by atoms with Crippen LogP contribution in [0.1, 0.15) is 11.3 Å². The molecule has 142 valence electrons. The Morgan fingerprint density at radius 2 is 1.86 bits per heavy atom. The van der Waals surface area contributed by atoms with Crippen LogP contribution in [-0.4, -0.2) is 32.0 Å². The highest BCUT2D eigenvalue weighted by molar-refractivity contribution is 5.84. The zero-order valence-electron chi connectivity index (χ0n) is 14.3. The standard InChI is InChI=1S/C17H12N4O7/c1-28-10-4-2-3-9(5-10)16(22)8-13-17(23)19-12-7-15(21(26)27)14(20(24)25)6-11(12)18-13/h2-8,22H,1H3,(H,19,23). The smallest absolute Gasteiger partial charge is 0.348 e. The van der Waals surface area contributed by atoms with E-state index in [-0.39, 0.29) is 22.5 Å². The monoisotopic (exact) mass is 384 g/mol. The predicted molar refractivity (Wildman–Crippen MR) is 99.2 cm³/mol. The number of nitrogens with zero attached hydrogens (tertiary/aromatic N) is 3. The Kier molecular flexibility index (Phi) is 4.73. The maximum Gasteiger partial charge on any atom is 0.348 e. The summed E-state index contributed by atoms with van der Waals surface area (Å²) in [6, 6.07) is 8.19. The number of aliphatic hydroxyl groups is 1. The highest BCUT2D eigenvalue weighted by Gasteiger charge is 2.25. The Hall–Kier alpha value is -4.28. The number of aromatic amines is 1. The lowest BCUT2D eigenvalue weighted by atomic mass is 10.1. The van der Waals surface area contributed by atoms with Crippen LogP contribution >= 0.6 is 0 Å². The van der Waals surface area contributed by atoms with Gasteiger partial charge in [-0.3, -0.25) is 25.0 Å². The molecule has 0 aliphatic rings. The average Bonchev–Trinajstić information content (AvgIpc) is 2.67. The molecule has 2 N–H and O–H groups in total. The number of rotatable bonds is 5. The Balaban J connectivity index is 2.15. The Bertz CT molecular complexity index is 1200. The van der Waals surface area contributed by atoms with Gasteiger partial charge in [0.1, 0.15) is 17.2 Å². The molecule has 0 spiro atoms. The van der Waals surface area contributed by atoms with Gasteiger partial charge in [-0.15, -0.1) is 0 Å². The van der Waals surface area contributed by atoms with Gasteiger partial charge in [-0.2, -0.15) is 0 Å². The van der Waals surface area contributed by atoms with Crippen LogP contribution in [0.5, 0.6) is 5.75 Å². The molecule has 1 aromatic heterocycles. The van der Waals surface area contributed by atoms with Gasteiger partial charge in [-0.05, 0) is 12.1 Å². The molecule has 0 aliphatic heterocycles. The zero-order chi connectivity index (χ0) is 20.4. The molecule has 0 aliphatic carbocycles. The fourth-order valence-electron chi connectivity index (χ4n) is 2.51. The molecule has 3 aromatic rings. The van der Waals surface area contributed by atoms with Crippen molar-refractivity contribution in [2.45, 2.75) is 0 Å². The van der Waals surface area contributed by atoms with Crippen molar-refractivity contribution < 1.29 is 19.7 Å². The van der Waals surface area contributed by atoms with Gasteiger partial charge in [0.2, 0.25) is 0 Å². The van der Waals surface area contributed by atoms with E-state index < -0.39 is 26.8 Å². The zero-order valence-corrected chi connectivity index (χ0v) is 14.3. The van der Waals surface area contributed by atoms with Crippen molar-refractivity contribution in [3.63, 3.8) is 0 Å². The predicted octanol–water partition coefficient (Wildman–Crippen LogP) is 2.80. The van der Waals surface area contributed by atoms with Crippen LogP contribution in [-0.2, 0) is 0 Å². The van der Waals surface area contributed by atoms with Crippen LogP contribution in [0, 0.1) is 20.2 Å². The summed E-state index contributed by atoms with van der Waals surface area (Å²) in [6.45, 7) is 0. The lowest BCUT2D eigenvalue weighted by Crippen LogP contribution is -2.12. The van der Waals surface area contributed by atoms with Crippen LogP contribution in [0.2, 0.25) is 0 Å². The number of benzene rings is 2. The fraction of sp³-hybridized carbons (Fsp3) is 0.0588. The molecule has 0 amide bonds. The molecule has 3 rings (SSSR count). The van der Waals surface area contributed by atoms with E-state index in [1.807, 2.05) is 0 Å². The summed E-state index contributed by atoms with van der Waals surface area (Å²) in [7, 11) is 1.46. The van der Waals surface area contributed by atoms with Gasteiger partial charge in [-0.1, -0.05) is 12.1 Å². The number of nitro benzene ring substituents is 2. The van der Waals surface area contributed by atoms with Crippen LogP contribution in [0.15, 0.2) is 41.2 Å². The Morgan fingerprint density at radius 3 is 2.50 bits per heavy atom. The summed E-state index contributed by atoms with van der Waals surface area (Å²) in [6.07, 6.45) is 1.08. The summed E-state index contributed by atoms with van der Waals surface area (Å²) >= 11 is 0. The lowest BCUT2D eigenvalue weighted by molar-refractivity contribution is -0.422. The van der Waals surface area contributed by atoms with Gasteiger partial charge in [0.25, 0.3) is 5.56 Å². The first-order valence-electron chi connectivity index (χ1n) is 7.72. The van der Waals surface area contributed by atoms with Crippen molar-refractivity contribution in [2.75, 3.05) is 7.11 Å². The quantitative estimate of drug-likeness (QED) is 0.385. The van der Waals surface area contributed by atoms with E-state index in [0.717, 1.165) is 18.2 Å². The summed E-state index contributed by atoms with van der Waals surface area (Å²) in [5.41, 5.74) is -2.21. The molecule has 1 heterocycles. The molecule has 0 unspecified atom stereocenters. The van der Waals surface area contributed by atoms with Crippen LogP contribution in [0.4, 0.5) is 11.4 Å². The molecule has 0 radical (unpaired) electrons. The molecule has 0 atom stereocenters. The minimum Gasteiger partial charge on any atom is -0.507 e. The Morgan fingerprint density at radius 1 is 1.18 bits per heavy atom. The molecule has 0 saturated heterocycles. The average molecular weight is 384 g/mol. The van der Waals surface area contributed by atoms with Crippen LogP contribution < -0.4 is 10.3 Å². The highest BCUT2D eigenvalue weighted by atomic mass is 16.6. The van der Waals surface area contributed by atoms with Crippen molar-refractivity contribution in [3.8, 4) is 5.75 Å². The number of H-pyrrole nitrogens is 1. The SMILES string of the molecule is COc1cccc(C(O)=Cc2nc3cc([N+](=O)[O-])c([N+](=O)[O-])cc3[nH]c2=O)c1. The molecule has 11 nitrogen and oxygen atoms in total. The topological polar surface area (TPSA) is 161 Å². The van der Waals surface area contributed by atoms with E-state index in [1.54, 1.807) is 18.2 Å². The van der Waals surface area contributed by atoms with Crippen molar-refractivity contribution in [2.24, 2.45) is 0 Å². The second-order valence-corrected chi connectivity index (χ2v) is 5.58. The number of nitrogens with one attached hydrogen (secondary N) is 1. The van der Waals surface area contributed by atoms with E-state index >= 15 is 0 Å². The maximum atomic E-state index is 12.2. The van der Waals surface area contributed by atoms with Gasteiger partial charge in [0.05, 0.1) is 34.1 Å². The third-order valence-electron chi connectivity index (χ3n) is 3.85. The van der Waals surface area contributed by atoms with Crippen LogP contribution in [0.25, 0.3) is 22.9 Å². The molecule has 2 aromatic carbocycles. The first-order chi connectivity index (χ1) is 13.3. The molecular formula is C17H12N4O7. The van der Waals surface area contributed by atoms with Gasteiger partial charge >= 0.3 is 11.4 Å². The first-order valence-corrected chi connectivity index (χ1v) is 7.72. The van der Waals surface area contributed by atoms with Crippen molar-refractivity contribution in [1.29, 1.82) is 0 Å². The summed E-state index contributed by atoms with van der Waals surface area (Å²) in [5.74, 6) is 0.202. The second kappa shape index (κ2) is 7.15. The largest absolute Gasteiger partial charge is 0.507 e. The van der Waals surface area contributed by atoms with E-state index in [2.05, 4.69) is 9.97 Å². The molecule has 0 saturated carbocycles. The normalized spacial score (nSPS) is 11.4. The van der Waals surface area contributed by atoms with E-state index in [0.29, 0.717) is 11.3 Å². The van der Waals surface area contributed by atoms with E-state index in [9.17, 15) is 30.1 Å². The molecule has 0 fully saturated rings. The second-order valence-electron chi connectivity index (χ2n) is 5.58.